The first kappa shape index (κ1) is 14.4. The van der Waals surface area contributed by atoms with Crippen molar-refractivity contribution < 1.29 is 9.47 Å². The third-order valence-electron chi connectivity index (χ3n) is 2.85. The van der Waals surface area contributed by atoms with Gasteiger partial charge in [-0.15, -0.1) is 0 Å². The van der Waals surface area contributed by atoms with Crippen LogP contribution in [0.5, 0.6) is 5.75 Å². The largest absolute Gasteiger partial charge is 0.491 e. The summed E-state index contributed by atoms with van der Waals surface area (Å²) in [6.07, 6.45) is 0. The van der Waals surface area contributed by atoms with Crippen LogP contribution in [0.1, 0.15) is 12.5 Å². The lowest BCUT2D eigenvalue weighted by Gasteiger charge is -2.07. The fraction of sp³-hybridized carbons (Fsp3) is 0.294. The SMILES string of the molecule is CCOCCOc1ccc2cc(C#CCN)ccc2c1. The van der Waals surface area contributed by atoms with Crippen molar-refractivity contribution in [2.45, 2.75) is 6.92 Å². The summed E-state index contributed by atoms with van der Waals surface area (Å²) in [6.45, 7) is 4.25. The van der Waals surface area contributed by atoms with E-state index in [1.54, 1.807) is 0 Å². The predicted octanol–water partition coefficient (Wildman–Crippen LogP) is 2.57. The van der Waals surface area contributed by atoms with E-state index in [1.807, 2.05) is 37.3 Å². The van der Waals surface area contributed by atoms with E-state index in [0.29, 0.717) is 26.4 Å². The van der Waals surface area contributed by atoms with Crippen molar-refractivity contribution in [1.29, 1.82) is 0 Å². The minimum Gasteiger partial charge on any atom is -0.491 e. The van der Waals surface area contributed by atoms with Gasteiger partial charge < -0.3 is 15.2 Å². The van der Waals surface area contributed by atoms with Crippen molar-refractivity contribution in [3.8, 4) is 17.6 Å². The lowest BCUT2D eigenvalue weighted by molar-refractivity contribution is 0.110. The van der Waals surface area contributed by atoms with Gasteiger partial charge in [-0.1, -0.05) is 24.0 Å². The molecule has 0 bridgehead atoms. The lowest BCUT2D eigenvalue weighted by Crippen LogP contribution is -2.06. The van der Waals surface area contributed by atoms with Gasteiger partial charge >= 0.3 is 0 Å². The summed E-state index contributed by atoms with van der Waals surface area (Å²) < 4.78 is 10.9. The first-order valence-corrected chi connectivity index (χ1v) is 6.77. The zero-order valence-corrected chi connectivity index (χ0v) is 11.7. The number of benzene rings is 2. The van der Waals surface area contributed by atoms with Crippen molar-refractivity contribution in [3.63, 3.8) is 0 Å². The Bertz CT molecular complexity index is 626. The van der Waals surface area contributed by atoms with Crippen LogP contribution >= 0.6 is 0 Å². The summed E-state index contributed by atoms with van der Waals surface area (Å²) in [5, 5.41) is 2.28. The standard InChI is InChI=1S/C17H19NO2/c1-2-19-10-11-20-17-8-7-15-12-14(4-3-9-18)5-6-16(15)13-17/h5-8,12-13H,2,9-11,18H2,1H3. The van der Waals surface area contributed by atoms with Crippen LogP contribution in [0.2, 0.25) is 0 Å². The summed E-state index contributed by atoms with van der Waals surface area (Å²) in [7, 11) is 0. The molecule has 0 atom stereocenters. The molecular formula is C17H19NO2. The zero-order chi connectivity index (χ0) is 14.2. The molecule has 0 unspecified atom stereocenters. The molecular weight excluding hydrogens is 250 g/mol. The molecule has 2 aromatic rings. The quantitative estimate of drug-likeness (QED) is 0.670. The Balaban J connectivity index is 2.10. The van der Waals surface area contributed by atoms with Crippen molar-refractivity contribution >= 4 is 10.8 Å². The van der Waals surface area contributed by atoms with E-state index in [-0.39, 0.29) is 0 Å². The molecule has 0 fully saturated rings. The van der Waals surface area contributed by atoms with Gasteiger partial charge in [-0.25, -0.2) is 0 Å². The van der Waals surface area contributed by atoms with Crippen LogP contribution in [-0.4, -0.2) is 26.4 Å². The molecule has 0 saturated carbocycles. The third-order valence-corrected chi connectivity index (χ3v) is 2.85. The lowest BCUT2D eigenvalue weighted by atomic mass is 10.1. The van der Waals surface area contributed by atoms with Crippen LogP contribution in [-0.2, 0) is 4.74 Å². The molecule has 0 spiro atoms. The topological polar surface area (TPSA) is 44.5 Å². The molecule has 3 heteroatoms. The van der Waals surface area contributed by atoms with Crippen LogP contribution in [0.3, 0.4) is 0 Å². The van der Waals surface area contributed by atoms with Crippen LogP contribution in [0.4, 0.5) is 0 Å². The van der Waals surface area contributed by atoms with Crippen molar-refractivity contribution in [1.82, 2.24) is 0 Å². The maximum absolute atomic E-state index is 5.64. The Morgan fingerprint density at radius 3 is 2.65 bits per heavy atom. The summed E-state index contributed by atoms with van der Waals surface area (Å²) in [4.78, 5) is 0. The number of hydrogen-bond donors (Lipinski definition) is 1. The molecule has 2 aromatic carbocycles. The van der Waals surface area contributed by atoms with E-state index in [4.69, 9.17) is 15.2 Å². The fourth-order valence-corrected chi connectivity index (χ4v) is 1.91. The molecule has 3 nitrogen and oxygen atoms in total. The monoisotopic (exact) mass is 269 g/mol. The second kappa shape index (κ2) is 7.54. The molecule has 0 aromatic heterocycles. The van der Waals surface area contributed by atoms with Gasteiger partial charge in [0, 0.05) is 12.2 Å². The normalized spacial score (nSPS) is 10.1. The van der Waals surface area contributed by atoms with Gasteiger partial charge in [-0.3, -0.25) is 0 Å². The molecule has 2 N–H and O–H groups in total. The first-order valence-electron chi connectivity index (χ1n) is 6.77. The summed E-state index contributed by atoms with van der Waals surface area (Å²) in [6, 6.07) is 12.1. The molecule has 0 radical (unpaired) electrons. The average Bonchev–Trinajstić information content (AvgIpc) is 2.49. The molecule has 0 aliphatic rings. The van der Waals surface area contributed by atoms with Gasteiger partial charge in [0.1, 0.15) is 12.4 Å². The second-order valence-electron chi connectivity index (χ2n) is 4.28. The molecule has 104 valence electrons. The van der Waals surface area contributed by atoms with Crippen molar-refractivity contribution in [3.05, 3.63) is 42.0 Å². The minimum atomic E-state index is 0.380. The van der Waals surface area contributed by atoms with Crippen LogP contribution in [0.25, 0.3) is 10.8 Å². The minimum absolute atomic E-state index is 0.380. The maximum atomic E-state index is 5.64. The summed E-state index contributed by atoms with van der Waals surface area (Å²) >= 11 is 0. The highest BCUT2D eigenvalue weighted by Crippen LogP contribution is 2.21. The fourth-order valence-electron chi connectivity index (χ4n) is 1.91. The number of fused-ring (bicyclic) bond motifs is 1. The van der Waals surface area contributed by atoms with Gasteiger partial charge in [0.05, 0.1) is 13.2 Å². The third kappa shape index (κ3) is 3.99. The summed E-state index contributed by atoms with van der Waals surface area (Å²) in [5.41, 5.74) is 6.36. The highest BCUT2D eigenvalue weighted by atomic mass is 16.5. The molecule has 0 heterocycles. The smallest absolute Gasteiger partial charge is 0.120 e. The Labute approximate surface area is 119 Å². The second-order valence-corrected chi connectivity index (χ2v) is 4.28. The van der Waals surface area contributed by atoms with Crippen LogP contribution in [0.15, 0.2) is 36.4 Å². The van der Waals surface area contributed by atoms with E-state index in [0.717, 1.165) is 22.1 Å². The van der Waals surface area contributed by atoms with E-state index in [1.165, 1.54) is 0 Å². The predicted molar refractivity (Wildman–Crippen MR) is 81.9 cm³/mol. The van der Waals surface area contributed by atoms with E-state index < -0.39 is 0 Å². The molecule has 0 saturated heterocycles. The number of rotatable bonds is 5. The molecule has 2 rings (SSSR count). The van der Waals surface area contributed by atoms with Gasteiger partial charge in [0.2, 0.25) is 0 Å². The maximum Gasteiger partial charge on any atom is 0.120 e. The van der Waals surface area contributed by atoms with Gasteiger partial charge in [0.15, 0.2) is 0 Å². The molecule has 0 aliphatic carbocycles. The van der Waals surface area contributed by atoms with Gasteiger partial charge in [-0.05, 0) is 42.0 Å². The number of nitrogens with two attached hydrogens (primary N) is 1. The highest BCUT2D eigenvalue weighted by Gasteiger charge is 1.99. The number of hydrogen-bond acceptors (Lipinski definition) is 3. The van der Waals surface area contributed by atoms with Gasteiger partial charge in [0.25, 0.3) is 0 Å². The number of ether oxygens (including phenoxy) is 2. The van der Waals surface area contributed by atoms with E-state index in [2.05, 4.69) is 17.9 Å². The summed E-state index contributed by atoms with van der Waals surface area (Å²) in [5.74, 6) is 6.76. The van der Waals surface area contributed by atoms with Crippen molar-refractivity contribution in [2.75, 3.05) is 26.4 Å². The van der Waals surface area contributed by atoms with E-state index in [9.17, 15) is 0 Å². The highest BCUT2D eigenvalue weighted by molar-refractivity contribution is 5.85. The zero-order valence-electron chi connectivity index (χ0n) is 11.7. The molecule has 0 amide bonds. The van der Waals surface area contributed by atoms with Gasteiger partial charge in [-0.2, -0.15) is 0 Å². The molecule has 0 aliphatic heterocycles. The Hall–Kier alpha value is -2.02. The Morgan fingerprint density at radius 1 is 1.05 bits per heavy atom. The van der Waals surface area contributed by atoms with E-state index >= 15 is 0 Å². The Morgan fingerprint density at radius 2 is 1.85 bits per heavy atom. The van der Waals surface area contributed by atoms with Crippen LogP contribution < -0.4 is 10.5 Å². The van der Waals surface area contributed by atoms with Crippen molar-refractivity contribution in [2.24, 2.45) is 5.73 Å². The van der Waals surface area contributed by atoms with Crippen LogP contribution in [0, 0.1) is 11.8 Å². The first-order chi connectivity index (χ1) is 9.83. The molecule has 20 heavy (non-hydrogen) atoms. The average molecular weight is 269 g/mol. The Kier molecular flexibility index (Phi) is 5.43.